The number of fused-ring (bicyclic) bond motifs is 1. The molecule has 0 spiro atoms. The molecule has 5 nitrogen and oxygen atoms in total. The van der Waals surface area contributed by atoms with Gasteiger partial charge in [0, 0.05) is 62.2 Å². The lowest BCUT2D eigenvalue weighted by Gasteiger charge is -2.28. The van der Waals surface area contributed by atoms with Crippen molar-refractivity contribution in [2.45, 2.75) is 19.4 Å². The Kier molecular flexibility index (Phi) is 6.83. The molecule has 35 heavy (non-hydrogen) atoms. The Hall–Kier alpha value is -2.86. The fourth-order valence-electron chi connectivity index (χ4n) is 5.03. The standard InChI is InChI=1S/C29H34ClN5/c1-21(34-17-5-16-33(4)18-19-34)29-28(23-6-11-25(30)12-7-23)31-27-15-10-24(20-35(27)29)22-8-13-26(14-9-22)32(2)3/h6-15,20-21H,5,16-19H2,1-4H3. The van der Waals surface area contributed by atoms with E-state index in [1.165, 1.54) is 28.9 Å². The van der Waals surface area contributed by atoms with E-state index in [-0.39, 0.29) is 6.04 Å². The Morgan fingerprint density at radius 2 is 1.51 bits per heavy atom. The van der Waals surface area contributed by atoms with Crippen molar-refractivity contribution in [1.82, 2.24) is 19.2 Å². The smallest absolute Gasteiger partial charge is 0.137 e. The summed E-state index contributed by atoms with van der Waals surface area (Å²) in [7, 11) is 6.35. The van der Waals surface area contributed by atoms with Gasteiger partial charge in [-0.1, -0.05) is 35.9 Å². The molecule has 4 aromatic rings. The predicted octanol–water partition coefficient (Wildman–Crippen LogP) is 6.09. The molecule has 182 valence electrons. The van der Waals surface area contributed by atoms with Crippen LogP contribution in [0.5, 0.6) is 0 Å². The predicted molar refractivity (Wildman–Crippen MR) is 148 cm³/mol. The first-order valence-electron chi connectivity index (χ1n) is 12.4. The second-order valence-electron chi connectivity index (χ2n) is 9.81. The van der Waals surface area contributed by atoms with E-state index in [4.69, 9.17) is 16.6 Å². The summed E-state index contributed by atoms with van der Waals surface area (Å²) in [5, 5.41) is 0.742. The summed E-state index contributed by atoms with van der Waals surface area (Å²) in [6.45, 7) is 6.70. The highest BCUT2D eigenvalue weighted by Gasteiger charge is 2.26. The topological polar surface area (TPSA) is 27.0 Å². The Morgan fingerprint density at radius 1 is 0.829 bits per heavy atom. The molecule has 2 aromatic carbocycles. The van der Waals surface area contributed by atoms with Crippen molar-refractivity contribution < 1.29 is 0 Å². The maximum atomic E-state index is 6.21. The monoisotopic (exact) mass is 487 g/mol. The molecular formula is C29H34ClN5. The van der Waals surface area contributed by atoms with Gasteiger partial charge in [-0.15, -0.1) is 0 Å². The van der Waals surface area contributed by atoms with E-state index in [1.807, 2.05) is 12.1 Å². The molecule has 1 unspecified atom stereocenters. The highest BCUT2D eigenvalue weighted by Crippen LogP contribution is 2.34. The van der Waals surface area contributed by atoms with E-state index in [1.54, 1.807) is 0 Å². The van der Waals surface area contributed by atoms with Crippen molar-refractivity contribution in [1.29, 1.82) is 0 Å². The van der Waals surface area contributed by atoms with Gasteiger partial charge in [0.2, 0.25) is 0 Å². The van der Waals surface area contributed by atoms with E-state index < -0.39 is 0 Å². The first kappa shape index (κ1) is 23.9. The molecule has 1 aliphatic rings. The fourth-order valence-corrected chi connectivity index (χ4v) is 5.16. The molecule has 5 rings (SSSR count). The van der Waals surface area contributed by atoms with Crippen LogP contribution in [0.2, 0.25) is 5.02 Å². The third-order valence-electron chi connectivity index (χ3n) is 7.19. The van der Waals surface area contributed by atoms with Crippen LogP contribution in [0.25, 0.3) is 28.0 Å². The molecule has 0 saturated carbocycles. The van der Waals surface area contributed by atoms with Crippen LogP contribution in [-0.4, -0.2) is 66.5 Å². The number of hydrogen-bond acceptors (Lipinski definition) is 4. The van der Waals surface area contributed by atoms with Gasteiger partial charge in [0.25, 0.3) is 0 Å². The van der Waals surface area contributed by atoms with Gasteiger partial charge in [-0.25, -0.2) is 4.98 Å². The number of anilines is 1. The van der Waals surface area contributed by atoms with Crippen molar-refractivity contribution in [2.75, 3.05) is 52.2 Å². The van der Waals surface area contributed by atoms with Crippen LogP contribution in [0.4, 0.5) is 5.69 Å². The Bertz CT molecular complexity index is 1290. The molecule has 0 radical (unpaired) electrons. The number of rotatable bonds is 5. The van der Waals surface area contributed by atoms with Gasteiger partial charge in [0.15, 0.2) is 0 Å². The van der Waals surface area contributed by atoms with E-state index in [0.717, 1.165) is 48.1 Å². The average Bonchev–Trinajstić information content (AvgIpc) is 3.10. The first-order chi connectivity index (χ1) is 16.9. The van der Waals surface area contributed by atoms with Gasteiger partial charge < -0.3 is 14.2 Å². The van der Waals surface area contributed by atoms with Crippen molar-refractivity contribution in [2.24, 2.45) is 0 Å². The molecule has 3 heterocycles. The quantitative estimate of drug-likeness (QED) is 0.340. The fraction of sp³-hybridized carbons (Fsp3) is 0.345. The van der Waals surface area contributed by atoms with Gasteiger partial charge in [-0.3, -0.25) is 4.90 Å². The zero-order chi connectivity index (χ0) is 24.5. The van der Waals surface area contributed by atoms with Crippen molar-refractivity contribution in [3.8, 4) is 22.4 Å². The number of benzene rings is 2. The van der Waals surface area contributed by atoms with Crippen LogP contribution in [0.1, 0.15) is 25.1 Å². The third-order valence-corrected chi connectivity index (χ3v) is 7.44. The maximum absolute atomic E-state index is 6.21. The summed E-state index contributed by atoms with van der Waals surface area (Å²) in [5.41, 5.74) is 7.93. The highest BCUT2D eigenvalue weighted by molar-refractivity contribution is 6.30. The lowest BCUT2D eigenvalue weighted by atomic mass is 10.0. The minimum Gasteiger partial charge on any atom is -0.378 e. The summed E-state index contributed by atoms with van der Waals surface area (Å²) in [4.78, 5) is 12.3. The number of pyridine rings is 1. The molecular weight excluding hydrogens is 454 g/mol. The number of aromatic nitrogens is 2. The Balaban J connectivity index is 1.62. The Morgan fingerprint density at radius 3 is 2.23 bits per heavy atom. The number of hydrogen-bond donors (Lipinski definition) is 0. The van der Waals surface area contributed by atoms with Crippen LogP contribution < -0.4 is 4.90 Å². The molecule has 2 aromatic heterocycles. The first-order valence-corrected chi connectivity index (χ1v) is 12.8. The molecule has 0 amide bonds. The second-order valence-corrected chi connectivity index (χ2v) is 10.2. The van der Waals surface area contributed by atoms with E-state index in [0.29, 0.717) is 0 Å². The van der Waals surface area contributed by atoms with Gasteiger partial charge in [0.1, 0.15) is 5.65 Å². The minimum atomic E-state index is 0.230. The summed E-state index contributed by atoms with van der Waals surface area (Å²) in [5.74, 6) is 0. The minimum absolute atomic E-state index is 0.230. The highest BCUT2D eigenvalue weighted by atomic mass is 35.5. The number of imidazole rings is 1. The normalized spacial score (nSPS) is 16.4. The lowest BCUT2D eigenvalue weighted by Crippen LogP contribution is -2.32. The molecule has 0 aliphatic carbocycles. The van der Waals surface area contributed by atoms with Crippen molar-refractivity contribution >= 4 is 22.9 Å². The molecule has 1 aliphatic heterocycles. The van der Waals surface area contributed by atoms with Crippen LogP contribution in [-0.2, 0) is 0 Å². The summed E-state index contributed by atoms with van der Waals surface area (Å²) in [6, 6.07) is 21.3. The second kappa shape index (κ2) is 10.0. The van der Waals surface area contributed by atoms with Gasteiger partial charge in [0.05, 0.1) is 11.4 Å². The molecule has 6 heteroatoms. The summed E-state index contributed by atoms with van der Waals surface area (Å²) >= 11 is 6.21. The van der Waals surface area contributed by atoms with Crippen LogP contribution in [0.15, 0.2) is 66.9 Å². The largest absolute Gasteiger partial charge is 0.378 e. The van der Waals surface area contributed by atoms with Gasteiger partial charge in [-0.05, 0) is 74.5 Å². The number of nitrogens with zero attached hydrogens (tertiary/aromatic N) is 5. The molecule has 0 N–H and O–H groups in total. The maximum Gasteiger partial charge on any atom is 0.137 e. The molecule has 1 atom stereocenters. The zero-order valence-electron chi connectivity index (χ0n) is 21.1. The third kappa shape index (κ3) is 4.94. The van der Waals surface area contributed by atoms with Crippen LogP contribution >= 0.6 is 11.6 Å². The SMILES string of the molecule is CC(c1c(-c2ccc(Cl)cc2)nc2ccc(-c3ccc(N(C)C)cc3)cn12)N1CCCN(C)CC1. The lowest BCUT2D eigenvalue weighted by molar-refractivity contribution is 0.213. The number of likely N-dealkylation sites (N-methyl/N-ethyl adjacent to an activating group) is 1. The van der Waals surface area contributed by atoms with Gasteiger partial charge in [-0.2, -0.15) is 0 Å². The summed E-state index contributed by atoms with van der Waals surface area (Å²) < 4.78 is 2.30. The molecule has 1 saturated heterocycles. The Labute approximate surface area is 213 Å². The van der Waals surface area contributed by atoms with E-state index >= 15 is 0 Å². The molecule has 1 fully saturated rings. The van der Waals surface area contributed by atoms with Gasteiger partial charge >= 0.3 is 0 Å². The number of halogens is 1. The van der Waals surface area contributed by atoms with E-state index in [9.17, 15) is 0 Å². The molecule has 0 bridgehead atoms. The van der Waals surface area contributed by atoms with E-state index in [2.05, 4.69) is 102 Å². The van der Waals surface area contributed by atoms with Crippen molar-refractivity contribution in [3.63, 3.8) is 0 Å². The average molecular weight is 488 g/mol. The summed E-state index contributed by atoms with van der Waals surface area (Å²) in [6.07, 6.45) is 3.43. The van der Waals surface area contributed by atoms with Crippen molar-refractivity contribution in [3.05, 3.63) is 77.6 Å². The zero-order valence-corrected chi connectivity index (χ0v) is 21.8. The van der Waals surface area contributed by atoms with Crippen LogP contribution in [0.3, 0.4) is 0 Å². The van der Waals surface area contributed by atoms with Crippen LogP contribution in [0, 0.1) is 0 Å².